The Labute approximate surface area is 192 Å². The normalized spacial score (nSPS) is 16.8. The van der Waals surface area contributed by atoms with Crippen LogP contribution in [-0.4, -0.2) is 56.4 Å². The fraction of sp³-hybridized carbons (Fsp3) is 0.619. The van der Waals surface area contributed by atoms with Gasteiger partial charge in [-0.3, -0.25) is 4.99 Å². The summed E-state index contributed by atoms with van der Waals surface area (Å²) < 4.78 is 5.23. The number of guanidine groups is 1. The van der Waals surface area contributed by atoms with Crippen molar-refractivity contribution in [1.82, 2.24) is 16.0 Å². The van der Waals surface area contributed by atoms with E-state index in [1.165, 1.54) is 11.3 Å². The number of rotatable bonds is 6. The number of alkyl carbamates (subject to hydrolysis) is 1. The number of anilines is 1. The molecule has 1 fully saturated rings. The van der Waals surface area contributed by atoms with Crippen LogP contribution in [0.25, 0.3) is 0 Å². The monoisotopic (exact) mass is 517 g/mol. The molecule has 0 saturated carbocycles. The van der Waals surface area contributed by atoms with Crippen LogP contribution in [0, 0.1) is 6.92 Å². The van der Waals surface area contributed by atoms with E-state index in [9.17, 15) is 4.79 Å². The molecule has 29 heavy (non-hydrogen) atoms. The van der Waals surface area contributed by atoms with Gasteiger partial charge in [0.15, 0.2) is 5.96 Å². The minimum Gasteiger partial charge on any atom is -0.444 e. The molecule has 0 aromatic heterocycles. The molecule has 0 bridgehead atoms. The number of aliphatic imine (C=N–C) groups is 1. The molecule has 0 radical (unpaired) electrons. The van der Waals surface area contributed by atoms with Crippen LogP contribution in [-0.2, 0) is 4.74 Å². The first-order valence-corrected chi connectivity index (χ1v) is 10.1. The molecule has 1 heterocycles. The number of ether oxygens (including phenoxy) is 1. The Bertz CT molecular complexity index is 658. The summed E-state index contributed by atoms with van der Waals surface area (Å²) in [4.78, 5) is 18.6. The lowest BCUT2D eigenvalue weighted by molar-refractivity contribution is 0.0529. The molecule has 3 N–H and O–H groups in total. The Morgan fingerprint density at radius 3 is 2.55 bits per heavy atom. The SMILES string of the molecule is CCNC(=NCCNC(=O)OC(C)(C)C)NC1CCN(c2ccc(C)cc2)C1.I. The standard InChI is InChI=1S/C21H35N5O2.HI/c1-6-22-19(23-12-13-24-20(27)28-21(3,4)5)25-17-11-14-26(15-17)18-9-7-16(2)8-10-18;/h7-10,17H,6,11-15H2,1-5H3,(H,24,27)(H2,22,23,25);1H. The lowest BCUT2D eigenvalue weighted by Gasteiger charge is -2.21. The fourth-order valence-corrected chi connectivity index (χ4v) is 3.02. The van der Waals surface area contributed by atoms with Gasteiger partial charge in [-0.05, 0) is 53.2 Å². The topological polar surface area (TPSA) is 78.0 Å². The number of halogens is 1. The zero-order valence-electron chi connectivity index (χ0n) is 18.2. The third-order valence-electron chi connectivity index (χ3n) is 4.32. The van der Waals surface area contributed by atoms with Gasteiger partial charge < -0.3 is 25.6 Å². The van der Waals surface area contributed by atoms with E-state index < -0.39 is 11.7 Å². The predicted octanol–water partition coefficient (Wildman–Crippen LogP) is 3.27. The van der Waals surface area contributed by atoms with E-state index in [1.807, 2.05) is 27.7 Å². The van der Waals surface area contributed by atoms with Gasteiger partial charge in [0.1, 0.15) is 5.60 Å². The molecule has 1 saturated heterocycles. The second-order valence-corrected chi connectivity index (χ2v) is 8.10. The molecule has 8 heteroatoms. The first kappa shape index (κ1) is 25.3. The van der Waals surface area contributed by atoms with Crippen molar-refractivity contribution in [2.45, 2.75) is 52.7 Å². The van der Waals surface area contributed by atoms with E-state index in [-0.39, 0.29) is 24.0 Å². The molecule has 1 atom stereocenters. The first-order chi connectivity index (χ1) is 13.3. The summed E-state index contributed by atoms with van der Waals surface area (Å²) in [6, 6.07) is 9.01. The molecule has 0 spiro atoms. The number of nitrogens with zero attached hydrogens (tertiary/aromatic N) is 2. The van der Waals surface area contributed by atoms with Crippen molar-refractivity contribution in [1.29, 1.82) is 0 Å². The van der Waals surface area contributed by atoms with Gasteiger partial charge in [0, 0.05) is 37.9 Å². The number of nitrogens with one attached hydrogen (secondary N) is 3. The number of hydrogen-bond acceptors (Lipinski definition) is 4. The molecule has 1 aliphatic rings. The van der Waals surface area contributed by atoms with Crippen molar-refractivity contribution >= 4 is 41.7 Å². The minimum atomic E-state index is -0.490. The number of benzene rings is 1. The number of carbonyl (C=O) groups excluding carboxylic acids is 1. The highest BCUT2D eigenvalue weighted by molar-refractivity contribution is 14.0. The molecule has 164 valence electrons. The Morgan fingerprint density at radius 1 is 1.24 bits per heavy atom. The maximum Gasteiger partial charge on any atom is 0.407 e. The highest BCUT2D eigenvalue weighted by Crippen LogP contribution is 2.20. The summed E-state index contributed by atoms with van der Waals surface area (Å²) in [6.45, 7) is 13.4. The largest absolute Gasteiger partial charge is 0.444 e. The van der Waals surface area contributed by atoms with Crippen LogP contribution in [0.5, 0.6) is 0 Å². The van der Waals surface area contributed by atoms with Gasteiger partial charge in [-0.15, -0.1) is 24.0 Å². The number of amides is 1. The Morgan fingerprint density at radius 2 is 1.93 bits per heavy atom. The van der Waals surface area contributed by atoms with Gasteiger partial charge in [0.2, 0.25) is 0 Å². The smallest absolute Gasteiger partial charge is 0.407 e. The Kier molecular flexibility index (Phi) is 10.6. The summed E-state index contributed by atoms with van der Waals surface area (Å²) in [7, 11) is 0. The molecular weight excluding hydrogens is 481 g/mol. The van der Waals surface area contributed by atoms with Gasteiger partial charge in [-0.25, -0.2) is 4.79 Å². The van der Waals surface area contributed by atoms with Crippen LogP contribution in [0.4, 0.5) is 10.5 Å². The molecule has 1 aromatic rings. The van der Waals surface area contributed by atoms with Crippen LogP contribution in [0.3, 0.4) is 0 Å². The van der Waals surface area contributed by atoms with Crippen LogP contribution in [0.2, 0.25) is 0 Å². The third-order valence-corrected chi connectivity index (χ3v) is 4.32. The van der Waals surface area contributed by atoms with Gasteiger partial charge >= 0.3 is 6.09 Å². The highest BCUT2D eigenvalue weighted by Gasteiger charge is 2.23. The van der Waals surface area contributed by atoms with Crippen molar-refractivity contribution in [3.05, 3.63) is 29.8 Å². The molecule has 1 unspecified atom stereocenters. The average molecular weight is 517 g/mol. The van der Waals surface area contributed by atoms with Crippen molar-refractivity contribution in [2.75, 3.05) is 37.6 Å². The van der Waals surface area contributed by atoms with Crippen LogP contribution >= 0.6 is 24.0 Å². The molecule has 0 aliphatic carbocycles. The van der Waals surface area contributed by atoms with Crippen molar-refractivity contribution in [3.8, 4) is 0 Å². The lowest BCUT2D eigenvalue weighted by Crippen LogP contribution is -2.45. The maximum absolute atomic E-state index is 11.7. The summed E-state index contributed by atoms with van der Waals surface area (Å²) in [6.07, 6.45) is 0.652. The van der Waals surface area contributed by atoms with E-state index in [0.29, 0.717) is 19.1 Å². The van der Waals surface area contributed by atoms with Gasteiger partial charge in [-0.1, -0.05) is 17.7 Å². The molecule has 1 amide bonds. The first-order valence-electron chi connectivity index (χ1n) is 10.1. The van der Waals surface area contributed by atoms with E-state index in [1.54, 1.807) is 0 Å². The van der Waals surface area contributed by atoms with Crippen molar-refractivity contribution in [2.24, 2.45) is 4.99 Å². The number of carbonyl (C=O) groups is 1. The molecule has 2 rings (SSSR count). The lowest BCUT2D eigenvalue weighted by atomic mass is 10.2. The predicted molar refractivity (Wildman–Crippen MR) is 131 cm³/mol. The fourth-order valence-electron chi connectivity index (χ4n) is 3.02. The molecule has 7 nitrogen and oxygen atoms in total. The van der Waals surface area contributed by atoms with Gasteiger partial charge in [-0.2, -0.15) is 0 Å². The van der Waals surface area contributed by atoms with Crippen LogP contribution < -0.4 is 20.9 Å². The van der Waals surface area contributed by atoms with Crippen molar-refractivity contribution in [3.63, 3.8) is 0 Å². The Hall–Kier alpha value is -1.71. The summed E-state index contributed by atoms with van der Waals surface area (Å²) in [5, 5.41) is 9.51. The van der Waals surface area contributed by atoms with E-state index in [4.69, 9.17) is 4.74 Å². The summed E-state index contributed by atoms with van der Waals surface area (Å²) in [5.74, 6) is 0.782. The number of hydrogen-bond donors (Lipinski definition) is 3. The van der Waals surface area contributed by atoms with E-state index >= 15 is 0 Å². The van der Waals surface area contributed by atoms with Crippen LogP contribution in [0.1, 0.15) is 39.7 Å². The van der Waals surface area contributed by atoms with E-state index in [0.717, 1.165) is 32.0 Å². The molecule has 1 aromatic carbocycles. The quantitative estimate of drug-likeness (QED) is 0.234. The highest BCUT2D eigenvalue weighted by atomic mass is 127. The summed E-state index contributed by atoms with van der Waals surface area (Å²) in [5.41, 5.74) is 2.05. The zero-order valence-corrected chi connectivity index (χ0v) is 20.6. The summed E-state index contributed by atoms with van der Waals surface area (Å²) >= 11 is 0. The van der Waals surface area contributed by atoms with Crippen molar-refractivity contribution < 1.29 is 9.53 Å². The molecular formula is C21H36IN5O2. The average Bonchev–Trinajstić information content (AvgIpc) is 3.06. The van der Waals surface area contributed by atoms with Gasteiger partial charge in [0.05, 0.1) is 6.54 Å². The van der Waals surface area contributed by atoms with E-state index in [2.05, 4.69) is 57.0 Å². The molecule has 1 aliphatic heterocycles. The third kappa shape index (κ3) is 9.56. The minimum absolute atomic E-state index is 0. The van der Waals surface area contributed by atoms with Crippen LogP contribution in [0.15, 0.2) is 29.3 Å². The second-order valence-electron chi connectivity index (χ2n) is 8.10. The zero-order chi connectivity index (χ0) is 20.6. The maximum atomic E-state index is 11.7. The number of aryl methyl sites for hydroxylation is 1. The second kappa shape index (κ2) is 12.1. The Balaban J connectivity index is 0.00000420. The van der Waals surface area contributed by atoms with Gasteiger partial charge in [0.25, 0.3) is 0 Å².